The van der Waals surface area contributed by atoms with Gasteiger partial charge in [-0.3, -0.25) is 9.59 Å². The number of unbranched alkanes of at least 4 members (excludes halogenated alkanes) is 1. The van der Waals surface area contributed by atoms with Crippen LogP contribution in [0.1, 0.15) is 105 Å². The lowest BCUT2D eigenvalue weighted by molar-refractivity contribution is -0.134. The smallest absolute Gasteiger partial charge is 0.300 e. The third-order valence-corrected chi connectivity index (χ3v) is 9.74. The van der Waals surface area contributed by atoms with Crippen LogP contribution in [0, 0.1) is 40.4 Å². The lowest BCUT2D eigenvalue weighted by atomic mass is 9.46. The van der Waals surface area contributed by atoms with E-state index < -0.39 is 5.97 Å². The summed E-state index contributed by atoms with van der Waals surface area (Å²) in [6.07, 6.45) is 16.5. The quantitative estimate of drug-likeness (QED) is 0.534. The first kappa shape index (κ1) is 23.5. The van der Waals surface area contributed by atoms with Crippen LogP contribution in [0.25, 0.3) is 0 Å². The number of carbonyl (C=O) groups is 2. The third-order valence-electron chi connectivity index (χ3n) is 9.74. The highest BCUT2D eigenvalue weighted by molar-refractivity contribution is 5.91. The molecule has 3 fully saturated rings. The van der Waals surface area contributed by atoms with E-state index in [1.165, 1.54) is 63.4 Å². The first-order valence-electron chi connectivity index (χ1n) is 12.6. The maximum Gasteiger partial charge on any atom is 0.300 e. The Hall–Kier alpha value is -1.12. The summed E-state index contributed by atoms with van der Waals surface area (Å²) in [7, 11) is 0. The maximum absolute atomic E-state index is 12.0. The molecule has 7 atom stereocenters. The Bertz CT molecular complexity index is 676. The number of rotatable bonds is 4. The minimum Gasteiger partial charge on any atom is -0.481 e. The van der Waals surface area contributed by atoms with E-state index in [1.54, 1.807) is 0 Å². The monoisotopic (exact) mass is 416 g/mol. The zero-order valence-corrected chi connectivity index (χ0v) is 20.0. The molecule has 0 saturated heterocycles. The van der Waals surface area contributed by atoms with Crippen molar-refractivity contribution in [1.29, 1.82) is 0 Å². The molecule has 0 spiro atoms. The summed E-state index contributed by atoms with van der Waals surface area (Å²) >= 11 is 0. The van der Waals surface area contributed by atoms with Crippen molar-refractivity contribution >= 4 is 11.8 Å². The summed E-state index contributed by atoms with van der Waals surface area (Å²) in [6.45, 7) is 11.2. The van der Waals surface area contributed by atoms with E-state index in [0.29, 0.717) is 16.6 Å². The molecule has 0 aliphatic heterocycles. The molecule has 0 radical (unpaired) electrons. The fourth-order valence-electron chi connectivity index (χ4n) is 8.26. The van der Waals surface area contributed by atoms with Gasteiger partial charge in [-0.05, 0) is 91.4 Å². The number of aliphatic carboxylic acids is 1. The number of hydrogen-bond acceptors (Lipinski definition) is 2. The van der Waals surface area contributed by atoms with Crippen molar-refractivity contribution in [2.24, 2.45) is 40.4 Å². The summed E-state index contributed by atoms with van der Waals surface area (Å²) in [6, 6.07) is 0. The second-order valence-electron chi connectivity index (χ2n) is 11.3. The standard InChI is InChI=1S/C25H40O.C2H4O2/c1-5-6-7-17(2)21-10-11-22-20-9-8-18-16-19(26)12-14-24(18,3)23(20)13-15-25(21,22)4;1-2(3)4/h16-17,20-23H,5-15H2,1-4H3;1H3,(H,3,4). The third kappa shape index (κ3) is 4.28. The van der Waals surface area contributed by atoms with Gasteiger partial charge in [0.05, 0.1) is 0 Å². The molecule has 30 heavy (non-hydrogen) atoms. The van der Waals surface area contributed by atoms with Gasteiger partial charge in [-0.15, -0.1) is 0 Å². The van der Waals surface area contributed by atoms with Crippen LogP contribution in [0.4, 0.5) is 0 Å². The average molecular weight is 417 g/mol. The first-order chi connectivity index (χ1) is 14.1. The van der Waals surface area contributed by atoms with Gasteiger partial charge in [0, 0.05) is 13.3 Å². The van der Waals surface area contributed by atoms with Crippen molar-refractivity contribution in [3.8, 4) is 0 Å². The van der Waals surface area contributed by atoms with Crippen LogP contribution in [-0.4, -0.2) is 16.9 Å². The molecule has 0 aromatic heterocycles. The van der Waals surface area contributed by atoms with E-state index in [-0.39, 0.29) is 0 Å². The lowest BCUT2D eigenvalue weighted by Gasteiger charge is -2.58. The van der Waals surface area contributed by atoms with Crippen molar-refractivity contribution in [1.82, 2.24) is 0 Å². The molecule has 170 valence electrons. The van der Waals surface area contributed by atoms with Crippen LogP contribution >= 0.6 is 0 Å². The van der Waals surface area contributed by atoms with Crippen molar-refractivity contribution in [3.63, 3.8) is 0 Å². The number of carbonyl (C=O) groups excluding carboxylic acids is 1. The van der Waals surface area contributed by atoms with Gasteiger partial charge in [0.15, 0.2) is 5.78 Å². The lowest BCUT2D eigenvalue weighted by Crippen LogP contribution is -2.50. The minimum absolute atomic E-state index is 0.337. The highest BCUT2D eigenvalue weighted by Gasteiger charge is 2.59. The largest absolute Gasteiger partial charge is 0.481 e. The zero-order chi connectivity index (χ0) is 22.1. The molecule has 7 unspecified atom stereocenters. The fraction of sp³-hybridized carbons (Fsp3) is 0.852. The molecule has 0 aromatic rings. The van der Waals surface area contributed by atoms with Crippen molar-refractivity contribution in [2.45, 2.75) is 105 Å². The Morgan fingerprint density at radius 1 is 1.13 bits per heavy atom. The normalized spacial score (nSPS) is 40.8. The number of ketones is 1. The minimum atomic E-state index is -0.833. The van der Waals surface area contributed by atoms with Gasteiger partial charge < -0.3 is 5.11 Å². The highest BCUT2D eigenvalue weighted by atomic mass is 16.4. The molecule has 0 aromatic carbocycles. The van der Waals surface area contributed by atoms with Gasteiger partial charge >= 0.3 is 0 Å². The summed E-state index contributed by atoms with van der Waals surface area (Å²) in [5.74, 6) is 4.14. The molecule has 4 aliphatic rings. The Balaban J connectivity index is 0.000000589. The van der Waals surface area contributed by atoms with Gasteiger partial charge in [-0.25, -0.2) is 0 Å². The predicted octanol–water partition coefficient (Wildman–Crippen LogP) is 7.05. The van der Waals surface area contributed by atoms with Crippen molar-refractivity contribution in [2.75, 3.05) is 0 Å². The van der Waals surface area contributed by atoms with E-state index >= 15 is 0 Å². The molecule has 0 amide bonds. The fourth-order valence-corrected chi connectivity index (χ4v) is 8.26. The van der Waals surface area contributed by atoms with Crippen LogP contribution in [0.5, 0.6) is 0 Å². The van der Waals surface area contributed by atoms with Crippen LogP contribution in [-0.2, 0) is 9.59 Å². The molecule has 0 heterocycles. The first-order valence-corrected chi connectivity index (χ1v) is 12.6. The topological polar surface area (TPSA) is 54.4 Å². The molecular formula is C27H44O3. The number of allylic oxidation sites excluding steroid dienone is 1. The summed E-state index contributed by atoms with van der Waals surface area (Å²) in [5, 5.41) is 7.42. The molecule has 4 aliphatic carbocycles. The number of hydrogen-bond donors (Lipinski definition) is 1. The molecule has 3 saturated carbocycles. The molecule has 3 heteroatoms. The van der Waals surface area contributed by atoms with E-state index in [4.69, 9.17) is 9.90 Å². The number of carboxylic acids is 1. The molecular weight excluding hydrogens is 372 g/mol. The second kappa shape index (κ2) is 9.17. The number of carboxylic acid groups (broad SMARTS) is 1. The van der Waals surface area contributed by atoms with E-state index in [9.17, 15) is 4.79 Å². The molecule has 0 bridgehead atoms. The van der Waals surface area contributed by atoms with Gasteiger partial charge in [0.25, 0.3) is 5.97 Å². The Labute approximate surface area is 184 Å². The maximum atomic E-state index is 12.0. The summed E-state index contributed by atoms with van der Waals surface area (Å²) in [4.78, 5) is 21.0. The van der Waals surface area contributed by atoms with Crippen molar-refractivity contribution in [3.05, 3.63) is 11.6 Å². The van der Waals surface area contributed by atoms with Gasteiger partial charge in [0.1, 0.15) is 0 Å². The van der Waals surface area contributed by atoms with Gasteiger partial charge in [-0.2, -0.15) is 0 Å². The van der Waals surface area contributed by atoms with Gasteiger partial charge in [-0.1, -0.05) is 52.5 Å². The molecule has 4 rings (SSSR count). The van der Waals surface area contributed by atoms with Crippen LogP contribution in [0.15, 0.2) is 11.6 Å². The Morgan fingerprint density at radius 2 is 1.83 bits per heavy atom. The molecule has 1 N–H and O–H groups in total. The highest BCUT2D eigenvalue weighted by Crippen LogP contribution is 2.67. The number of fused-ring (bicyclic) bond motifs is 5. The molecule has 3 nitrogen and oxygen atoms in total. The van der Waals surface area contributed by atoms with Gasteiger partial charge in [0.2, 0.25) is 0 Å². The predicted molar refractivity (Wildman–Crippen MR) is 122 cm³/mol. The van der Waals surface area contributed by atoms with E-state index in [0.717, 1.165) is 49.4 Å². The van der Waals surface area contributed by atoms with Crippen LogP contribution in [0.3, 0.4) is 0 Å². The zero-order valence-electron chi connectivity index (χ0n) is 20.0. The Morgan fingerprint density at radius 3 is 2.50 bits per heavy atom. The van der Waals surface area contributed by atoms with E-state index in [1.807, 2.05) is 0 Å². The van der Waals surface area contributed by atoms with Crippen LogP contribution < -0.4 is 0 Å². The summed E-state index contributed by atoms with van der Waals surface area (Å²) < 4.78 is 0. The Kier molecular flexibility index (Phi) is 7.19. The summed E-state index contributed by atoms with van der Waals surface area (Å²) in [5.41, 5.74) is 2.45. The van der Waals surface area contributed by atoms with Crippen LogP contribution in [0.2, 0.25) is 0 Å². The van der Waals surface area contributed by atoms with Crippen molar-refractivity contribution < 1.29 is 14.7 Å². The average Bonchev–Trinajstić information content (AvgIpc) is 3.03. The van der Waals surface area contributed by atoms with E-state index in [2.05, 4.69) is 33.8 Å². The second-order valence-corrected chi connectivity index (χ2v) is 11.3. The SMILES string of the molecule is CC(=O)O.CCCCC(C)C1CCC2C3CCC4=CC(=O)CCC4(C)C3CCC12C.